The van der Waals surface area contributed by atoms with Gasteiger partial charge in [-0.1, -0.05) is 0 Å². The van der Waals surface area contributed by atoms with Crippen molar-refractivity contribution in [1.82, 2.24) is 10.6 Å². The lowest BCUT2D eigenvalue weighted by Gasteiger charge is -2.29. The molecule has 2 amide bonds. The Balaban J connectivity index is 2.31. The molecular weight excluding hydrogens is 236 g/mol. The minimum Gasteiger partial charge on any atom is -0.450 e. The van der Waals surface area contributed by atoms with Gasteiger partial charge in [0.2, 0.25) is 0 Å². The third-order valence-electron chi connectivity index (χ3n) is 2.87. The van der Waals surface area contributed by atoms with Crippen LogP contribution in [0.25, 0.3) is 0 Å². The summed E-state index contributed by atoms with van der Waals surface area (Å²) in [7, 11) is 0. The number of amides is 2. The Labute approximate surface area is 107 Å². The lowest BCUT2D eigenvalue weighted by Crippen LogP contribution is -2.46. The van der Waals surface area contributed by atoms with E-state index in [0.29, 0.717) is 13.2 Å². The average Bonchev–Trinajstić information content (AvgIpc) is 2.29. The smallest absolute Gasteiger partial charge is 0.407 e. The van der Waals surface area contributed by atoms with Crippen LogP contribution in [0.5, 0.6) is 0 Å². The normalized spacial score (nSPS) is 23.0. The molecule has 0 bridgehead atoms. The molecule has 18 heavy (non-hydrogen) atoms. The molecule has 0 spiro atoms. The van der Waals surface area contributed by atoms with E-state index in [4.69, 9.17) is 9.47 Å². The molecule has 6 nitrogen and oxygen atoms in total. The molecule has 6 heteroatoms. The molecular formula is C12H22N2O4. The molecule has 0 aromatic rings. The van der Waals surface area contributed by atoms with Gasteiger partial charge in [-0.05, 0) is 39.5 Å². The van der Waals surface area contributed by atoms with Gasteiger partial charge in [0.15, 0.2) is 0 Å². The fourth-order valence-electron chi connectivity index (χ4n) is 2.13. The minimum absolute atomic E-state index is 0.0599. The topological polar surface area (TPSA) is 76.7 Å². The van der Waals surface area contributed by atoms with Crippen LogP contribution in [0.3, 0.4) is 0 Å². The van der Waals surface area contributed by atoms with Gasteiger partial charge in [-0.25, -0.2) is 9.59 Å². The summed E-state index contributed by atoms with van der Waals surface area (Å²) in [6.07, 6.45) is 2.74. The first-order valence-electron chi connectivity index (χ1n) is 6.52. The van der Waals surface area contributed by atoms with Crippen molar-refractivity contribution in [3.05, 3.63) is 0 Å². The fraction of sp³-hybridized carbons (Fsp3) is 0.833. The number of nitrogens with one attached hydrogen (secondary N) is 2. The molecule has 1 fully saturated rings. The highest BCUT2D eigenvalue weighted by Crippen LogP contribution is 2.18. The van der Waals surface area contributed by atoms with E-state index >= 15 is 0 Å². The summed E-state index contributed by atoms with van der Waals surface area (Å²) >= 11 is 0. The SMILES string of the molecule is CCOC(=O)NC1CCCC(NC(=O)OCC)C1. The molecule has 2 unspecified atom stereocenters. The van der Waals surface area contributed by atoms with Gasteiger partial charge >= 0.3 is 12.2 Å². The van der Waals surface area contributed by atoms with E-state index in [1.807, 2.05) is 0 Å². The maximum Gasteiger partial charge on any atom is 0.407 e. The van der Waals surface area contributed by atoms with Gasteiger partial charge in [-0.3, -0.25) is 0 Å². The first kappa shape index (κ1) is 14.6. The van der Waals surface area contributed by atoms with E-state index in [-0.39, 0.29) is 24.3 Å². The fourth-order valence-corrected chi connectivity index (χ4v) is 2.13. The number of hydrogen-bond acceptors (Lipinski definition) is 4. The highest BCUT2D eigenvalue weighted by molar-refractivity contribution is 5.68. The Bertz CT molecular complexity index is 257. The Hall–Kier alpha value is -1.46. The van der Waals surface area contributed by atoms with Gasteiger partial charge in [0, 0.05) is 12.1 Å². The quantitative estimate of drug-likeness (QED) is 0.806. The molecule has 2 atom stereocenters. The second kappa shape index (κ2) is 7.79. The van der Waals surface area contributed by atoms with Crippen LogP contribution >= 0.6 is 0 Å². The van der Waals surface area contributed by atoms with Crippen LogP contribution in [0.1, 0.15) is 39.5 Å². The average molecular weight is 258 g/mol. The molecule has 104 valence electrons. The molecule has 0 saturated heterocycles. The third-order valence-corrected chi connectivity index (χ3v) is 2.87. The van der Waals surface area contributed by atoms with Crippen LogP contribution < -0.4 is 10.6 Å². The van der Waals surface area contributed by atoms with Crippen LogP contribution in [0, 0.1) is 0 Å². The van der Waals surface area contributed by atoms with Crippen molar-refractivity contribution in [2.45, 2.75) is 51.6 Å². The minimum atomic E-state index is -0.390. The van der Waals surface area contributed by atoms with Gasteiger partial charge in [-0.2, -0.15) is 0 Å². The summed E-state index contributed by atoms with van der Waals surface area (Å²) in [5.41, 5.74) is 0. The Kier molecular flexibility index (Phi) is 6.32. The monoisotopic (exact) mass is 258 g/mol. The molecule has 2 N–H and O–H groups in total. The van der Waals surface area contributed by atoms with Gasteiger partial charge < -0.3 is 20.1 Å². The first-order valence-corrected chi connectivity index (χ1v) is 6.52. The maximum absolute atomic E-state index is 11.3. The van der Waals surface area contributed by atoms with Crippen molar-refractivity contribution >= 4 is 12.2 Å². The Morgan fingerprint density at radius 2 is 1.44 bits per heavy atom. The van der Waals surface area contributed by atoms with Crippen molar-refractivity contribution in [2.75, 3.05) is 13.2 Å². The zero-order valence-corrected chi connectivity index (χ0v) is 11.0. The third kappa shape index (κ3) is 5.25. The van der Waals surface area contributed by atoms with Crippen molar-refractivity contribution in [3.63, 3.8) is 0 Å². The summed E-state index contributed by atoms with van der Waals surface area (Å²) in [6, 6.07) is 0.120. The largest absolute Gasteiger partial charge is 0.450 e. The molecule has 0 aromatic heterocycles. The van der Waals surface area contributed by atoms with Crippen molar-refractivity contribution in [3.8, 4) is 0 Å². The van der Waals surface area contributed by atoms with Gasteiger partial charge in [-0.15, -0.1) is 0 Å². The lowest BCUT2D eigenvalue weighted by atomic mass is 9.91. The van der Waals surface area contributed by atoms with Crippen LogP contribution in [-0.4, -0.2) is 37.5 Å². The molecule has 1 saturated carbocycles. The van der Waals surface area contributed by atoms with Crippen LogP contribution in [0.2, 0.25) is 0 Å². The predicted molar refractivity (Wildman–Crippen MR) is 66.4 cm³/mol. The first-order chi connectivity index (χ1) is 8.65. The molecule has 1 aliphatic rings. The Morgan fingerprint density at radius 1 is 1.00 bits per heavy atom. The summed E-state index contributed by atoms with van der Waals surface area (Å²) in [4.78, 5) is 22.6. The number of carbonyl (C=O) groups is 2. The number of hydrogen-bond donors (Lipinski definition) is 2. The lowest BCUT2D eigenvalue weighted by molar-refractivity contribution is 0.137. The molecule has 1 aliphatic carbocycles. The van der Waals surface area contributed by atoms with E-state index in [0.717, 1.165) is 25.7 Å². The number of alkyl carbamates (subject to hydrolysis) is 2. The molecule has 0 radical (unpaired) electrons. The van der Waals surface area contributed by atoms with Crippen molar-refractivity contribution in [1.29, 1.82) is 0 Å². The van der Waals surface area contributed by atoms with E-state index in [9.17, 15) is 9.59 Å². The zero-order valence-electron chi connectivity index (χ0n) is 11.0. The van der Waals surface area contributed by atoms with Gasteiger partial charge in [0.25, 0.3) is 0 Å². The van der Waals surface area contributed by atoms with Crippen LogP contribution in [0.4, 0.5) is 9.59 Å². The highest BCUT2D eigenvalue weighted by atomic mass is 16.6. The van der Waals surface area contributed by atoms with Crippen molar-refractivity contribution in [2.24, 2.45) is 0 Å². The molecule has 0 aliphatic heterocycles. The molecule has 0 heterocycles. The van der Waals surface area contributed by atoms with E-state index in [1.165, 1.54) is 0 Å². The maximum atomic E-state index is 11.3. The summed E-state index contributed by atoms with van der Waals surface area (Å²) in [5.74, 6) is 0. The number of ether oxygens (including phenoxy) is 2. The summed E-state index contributed by atoms with van der Waals surface area (Å²) in [5, 5.41) is 5.60. The number of rotatable bonds is 4. The molecule has 1 rings (SSSR count). The Morgan fingerprint density at radius 3 is 1.83 bits per heavy atom. The predicted octanol–water partition coefficient (Wildman–Crippen LogP) is 1.79. The second-order valence-electron chi connectivity index (χ2n) is 4.29. The summed E-state index contributed by atoms with van der Waals surface area (Å²) in [6.45, 7) is 4.27. The van der Waals surface area contributed by atoms with Gasteiger partial charge in [0.1, 0.15) is 0 Å². The summed E-state index contributed by atoms with van der Waals surface area (Å²) < 4.78 is 9.67. The standard InChI is InChI=1S/C12H22N2O4/c1-3-17-11(15)13-9-6-5-7-10(8-9)14-12(16)18-4-2/h9-10H,3-8H2,1-2H3,(H,13,15)(H,14,16). The van der Waals surface area contributed by atoms with Gasteiger partial charge in [0.05, 0.1) is 13.2 Å². The van der Waals surface area contributed by atoms with E-state index in [2.05, 4.69) is 10.6 Å². The highest BCUT2D eigenvalue weighted by Gasteiger charge is 2.24. The second-order valence-corrected chi connectivity index (χ2v) is 4.29. The van der Waals surface area contributed by atoms with Crippen LogP contribution in [0.15, 0.2) is 0 Å². The molecule has 0 aromatic carbocycles. The van der Waals surface area contributed by atoms with Crippen LogP contribution in [-0.2, 0) is 9.47 Å². The number of carbonyl (C=O) groups excluding carboxylic acids is 2. The van der Waals surface area contributed by atoms with E-state index in [1.54, 1.807) is 13.8 Å². The zero-order chi connectivity index (χ0) is 13.4. The van der Waals surface area contributed by atoms with E-state index < -0.39 is 0 Å². The van der Waals surface area contributed by atoms with Crippen molar-refractivity contribution < 1.29 is 19.1 Å².